The summed E-state index contributed by atoms with van der Waals surface area (Å²) in [7, 11) is 1.76. The van der Waals surface area contributed by atoms with E-state index in [1.165, 1.54) is 23.5 Å². The summed E-state index contributed by atoms with van der Waals surface area (Å²) in [4.78, 5) is 18.6. The second-order valence-corrected chi connectivity index (χ2v) is 7.33. The van der Waals surface area contributed by atoms with Crippen LogP contribution in [0.5, 0.6) is 0 Å². The van der Waals surface area contributed by atoms with Gasteiger partial charge in [-0.15, -0.1) is 0 Å². The molecule has 0 atom stereocenters. The van der Waals surface area contributed by atoms with Gasteiger partial charge in [-0.05, 0) is 49.2 Å². The molecule has 0 radical (unpaired) electrons. The Balaban J connectivity index is 1.69. The molecule has 8 heteroatoms. The Morgan fingerprint density at radius 3 is 2.33 bits per heavy atom. The van der Waals surface area contributed by atoms with Gasteiger partial charge in [0.1, 0.15) is 0 Å². The lowest BCUT2D eigenvalue weighted by Gasteiger charge is -2.15. The molecular formula is C19H18F3N3OS. The van der Waals surface area contributed by atoms with Gasteiger partial charge < -0.3 is 10.2 Å². The molecule has 0 spiro atoms. The van der Waals surface area contributed by atoms with Crippen LogP contribution in [0.3, 0.4) is 0 Å². The third kappa shape index (κ3) is 4.21. The fourth-order valence-corrected chi connectivity index (χ4v) is 3.71. The molecule has 0 saturated carbocycles. The number of hydrogen-bond donors (Lipinski definition) is 1. The Bertz CT molecular complexity index is 941. The Morgan fingerprint density at radius 2 is 1.74 bits per heavy atom. The lowest BCUT2D eigenvalue weighted by Crippen LogP contribution is -2.29. The molecule has 0 bridgehead atoms. The van der Waals surface area contributed by atoms with Gasteiger partial charge >= 0.3 is 6.18 Å². The number of aromatic nitrogens is 1. The predicted molar refractivity (Wildman–Crippen MR) is 102 cm³/mol. The molecular weight excluding hydrogens is 375 g/mol. The number of nitrogens with zero attached hydrogens (tertiary/aromatic N) is 2. The largest absolute Gasteiger partial charge is 0.416 e. The molecule has 0 fully saturated rings. The number of carbonyl (C=O) groups is 1. The van der Waals surface area contributed by atoms with Gasteiger partial charge in [-0.3, -0.25) is 4.79 Å². The Kier molecular flexibility index (Phi) is 5.10. The summed E-state index contributed by atoms with van der Waals surface area (Å²) in [5, 5.41) is 3.32. The first-order valence-corrected chi connectivity index (χ1v) is 9.02. The normalized spacial score (nSPS) is 11.6. The number of anilines is 2. The first kappa shape index (κ1) is 19.2. The molecule has 1 heterocycles. The van der Waals surface area contributed by atoms with Crippen LogP contribution in [-0.2, 0) is 11.0 Å². The van der Waals surface area contributed by atoms with E-state index < -0.39 is 11.7 Å². The maximum Gasteiger partial charge on any atom is 0.416 e. The van der Waals surface area contributed by atoms with Gasteiger partial charge in [-0.25, -0.2) is 4.98 Å². The summed E-state index contributed by atoms with van der Waals surface area (Å²) in [5.41, 5.74) is 2.68. The zero-order valence-electron chi connectivity index (χ0n) is 15.0. The number of rotatable bonds is 4. The summed E-state index contributed by atoms with van der Waals surface area (Å²) < 4.78 is 38.8. The third-order valence-electron chi connectivity index (χ3n) is 4.13. The minimum Gasteiger partial charge on any atom is -0.342 e. The van der Waals surface area contributed by atoms with E-state index in [1.54, 1.807) is 11.9 Å². The molecule has 1 amide bonds. The second kappa shape index (κ2) is 7.19. The molecule has 27 heavy (non-hydrogen) atoms. The Hall–Kier alpha value is -2.61. The van der Waals surface area contributed by atoms with Gasteiger partial charge in [0.2, 0.25) is 5.91 Å². The van der Waals surface area contributed by atoms with Crippen LogP contribution in [0.1, 0.15) is 16.7 Å². The van der Waals surface area contributed by atoms with Crippen molar-refractivity contribution in [2.45, 2.75) is 20.0 Å². The summed E-state index contributed by atoms with van der Waals surface area (Å²) >= 11 is 1.51. The highest BCUT2D eigenvalue weighted by Crippen LogP contribution is 2.32. The van der Waals surface area contributed by atoms with Crippen molar-refractivity contribution < 1.29 is 18.0 Å². The van der Waals surface area contributed by atoms with Crippen molar-refractivity contribution in [3.05, 3.63) is 53.1 Å². The molecule has 3 rings (SSSR count). The van der Waals surface area contributed by atoms with Crippen LogP contribution in [0.15, 0.2) is 36.4 Å². The number of hydrogen-bond acceptors (Lipinski definition) is 4. The van der Waals surface area contributed by atoms with Crippen molar-refractivity contribution in [1.82, 2.24) is 4.98 Å². The predicted octanol–water partition coefficient (Wildman–Crippen LogP) is 5.01. The number of benzene rings is 2. The van der Waals surface area contributed by atoms with Gasteiger partial charge in [0, 0.05) is 12.7 Å². The topological polar surface area (TPSA) is 45.2 Å². The molecule has 1 aromatic heterocycles. The number of halogens is 3. The highest BCUT2D eigenvalue weighted by molar-refractivity contribution is 7.22. The molecule has 0 aliphatic heterocycles. The number of likely N-dealkylation sites (N-methyl/N-ethyl adjacent to an activating group) is 1. The molecule has 3 aromatic rings. The van der Waals surface area contributed by atoms with Crippen molar-refractivity contribution in [3.8, 4) is 0 Å². The number of nitrogens with one attached hydrogen (secondary N) is 1. The van der Waals surface area contributed by atoms with Gasteiger partial charge in [0.15, 0.2) is 5.13 Å². The molecule has 0 unspecified atom stereocenters. The van der Waals surface area contributed by atoms with E-state index in [0.717, 1.165) is 33.5 Å². The van der Waals surface area contributed by atoms with Gasteiger partial charge in [-0.2, -0.15) is 13.2 Å². The fraction of sp³-hybridized carbons (Fsp3) is 0.263. The van der Waals surface area contributed by atoms with Crippen molar-refractivity contribution in [3.63, 3.8) is 0 Å². The SMILES string of the molecule is Cc1ccc(C)c2sc(N(C)CC(=O)Nc3ccc(C(F)(F)F)cc3)nc12. The average molecular weight is 393 g/mol. The summed E-state index contributed by atoms with van der Waals surface area (Å²) in [6, 6.07) is 8.42. The van der Waals surface area contributed by atoms with E-state index in [2.05, 4.69) is 10.3 Å². The van der Waals surface area contributed by atoms with Crippen LogP contribution in [0.4, 0.5) is 24.0 Å². The molecule has 4 nitrogen and oxygen atoms in total. The number of amides is 1. The van der Waals surface area contributed by atoms with Crippen molar-refractivity contribution in [2.24, 2.45) is 0 Å². The maximum atomic E-state index is 12.6. The number of alkyl halides is 3. The molecule has 142 valence electrons. The highest BCUT2D eigenvalue weighted by Gasteiger charge is 2.30. The standard InChI is InChI=1S/C19H18F3N3OS/c1-11-4-5-12(2)17-16(11)24-18(27-17)25(3)10-15(26)23-14-8-6-13(7-9-14)19(20,21)22/h4-9H,10H2,1-3H3,(H,23,26). The average Bonchev–Trinajstić information content (AvgIpc) is 3.05. The van der Waals surface area contributed by atoms with E-state index in [1.807, 2.05) is 26.0 Å². The van der Waals surface area contributed by atoms with E-state index in [9.17, 15) is 18.0 Å². The summed E-state index contributed by atoms with van der Waals surface area (Å²) in [5.74, 6) is -0.329. The first-order chi connectivity index (χ1) is 12.6. The number of carbonyl (C=O) groups excluding carboxylic acids is 1. The van der Waals surface area contributed by atoms with Crippen LogP contribution >= 0.6 is 11.3 Å². The molecule has 2 aromatic carbocycles. The van der Waals surface area contributed by atoms with Crippen molar-refractivity contribution >= 4 is 38.3 Å². The van der Waals surface area contributed by atoms with Crippen LogP contribution in [-0.4, -0.2) is 24.5 Å². The van der Waals surface area contributed by atoms with Crippen LogP contribution < -0.4 is 10.2 Å². The molecule has 1 N–H and O–H groups in total. The second-order valence-electron chi connectivity index (χ2n) is 6.35. The Morgan fingerprint density at radius 1 is 1.11 bits per heavy atom. The quantitative estimate of drug-likeness (QED) is 0.678. The monoisotopic (exact) mass is 393 g/mol. The lowest BCUT2D eigenvalue weighted by molar-refractivity contribution is -0.137. The van der Waals surface area contributed by atoms with Gasteiger partial charge in [0.25, 0.3) is 0 Å². The Labute approximate surface area is 158 Å². The maximum absolute atomic E-state index is 12.6. The minimum absolute atomic E-state index is 0.0406. The van der Waals surface area contributed by atoms with Crippen LogP contribution in [0, 0.1) is 13.8 Å². The van der Waals surface area contributed by atoms with Crippen LogP contribution in [0.2, 0.25) is 0 Å². The van der Waals surface area contributed by atoms with Gasteiger partial charge in [-0.1, -0.05) is 23.5 Å². The smallest absolute Gasteiger partial charge is 0.342 e. The third-order valence-corrected chi connectivity index (χ3v) is 5.44. The lowest BCUT2D eigenvalue weighted by atomic mass is 10.1. The minimum atomic E-state index is -4.40. The summed E-state index contributed by atoms with van der Waals surface area (Å²) in [6.45, 7) is 4.04. The molecule has 0 aliphatic carbocycles. The highest BCUT2D eigenvalue weighted by atomic mass is 32.1. The van der Waals surface area contributed by atoms with E-state index in [-0.39, 0.29) is 12.5 Å². The number of aryl methyl sites for hydroxylation is 2. The summed E-state index contributed by atoms with van der Waals surface area (Å²) in [6.07, 6.45) is -4.40. The van der Waals surface area contributed by atoms with Gasteiger partial charge in [0.05, 0.1) is 22.3 Å². The molecule has 0 aliphatic rings. The fourth-order valence-electron chi connectivity index (χ4n) is 2.64. The molecule has 0 saturated heterocycles. The van der Waals surface area contributed by atoms with E-state index in [4.69, 9.17) is 0 Å². The van der Waals surface area contributed by atoms with Crippen LogP contribution in [0.25, 0.3) is 10.2 Å². The van der Waals surface area contributed by atoms with Crippen molar-refractivity contribution in [1.29, 1.82) is 0 Å². The van der Waals surface area contributed by atoms with E-state index in [0.29, 0.717) is 10.8 Å². The zero-order valence-corrected chi connectivity index (χ0v) is 15.8. The number of thiazole rings is 1. The van der Waals surface area contributed by atoms with E-state index >= 15 is 0 Å². The number of fused-ring (bicyclic) bond motifs is 1. The van der Waals surface area contributed by atoms with Crippen molar-refractivity contribution in [2.75, 3.05) is 23.8 Å². The first-order valence-electron chi connectivity index (χ1n) is 8.20. The zero-order chi connectivity index (χ0) is 19.8.